The standard InChI is InChI=1S/C21H31ClO3/c1-20-7-3-4-17(20)16-6-5-13-8-15(24)9-14(11-22)21(13,2)19(16)18(10-20)25-12-23/h8,14,16-19,23H,3-7,9-12H2,1-2H3/t14?,16-,17-,18-,19+,20-,21+/m0/s1. The van der Waals surface area contributed by atoms with Crippen molar-refractivity contribution < 1.29 is 14.6 Å². The molecule has 4 rings (SSSR count). The minimum Gasteiger partial charge on any atom is -0.371 e. The van der Waals surface area contributed by atoms with Crippen molar-refractivity contribution in [2.45, 2.75) is 64.9 Å². The Morgan fingerprint density at radius 2 is 2.16 bits per heavy atom. The molecule has 0 spiro atoms. The van der Waals surface area contributed by atoms with Crippen LogP contribution in [0.15, 0.2) is 11.6 Å². The van der Waals surface area contributed by atoms with Gasteiger partial charge < -0.3 is 9.84 Å². The van der Waals surface area contributed by atoms with Gasteiger partial charge in [0.2, 0.25) is 0 Å². The first kappa shape index (κ1) is 18.0. The predicted octanol–water partition coefficient (Wildman–Crippen LogP) is 4.32. The van der Waals surface area contributed by atoms with Crippen LogP contribution in [0.25, 0.3) is 0 Å². The van der Waals surface area contributed by atoms with E-state index < -0.39 is 0 Å². The summed E-state index contributed by atoms with van der Waals surface area (Å²) in [5.41, 5.74) is 1.57. The summed E-state index contributed by atoms with van der Waals surface area (Å²) in [5, 5.41) is 9.56. The Balaban J connectivity index is 1.79. The molecule has 0 aromatic carbocycles. The molecular formula is C21H31ClO3. The highest BCUT2D eigenvalue weighted by molar-refractivity contribution is 6.18. The summed E-state index contributed by atoms with van der Waals surface area (Å²) in [5.74, 6) is 2.69. The second kappa shape index (κ2) is 6.35. The van der Waals surface area contributed by atoms with E-state index in [-0.39, 0.29) is 30.0 Å². The molecule has 4 heteroatoms. The van der Waals surface area contributed by atoms with E-state index in [1.807, 2.05) is 6.08 Å². The van der Waals surface area contributed by atoms with Crippen molar-refractivity contribution in [1.29, 1.82) is 0 Å². The number of halogens is 1. The average Bonchev–Trinajstić information content (AvgIpc) is 2.96. The van der Waals surface area contributed by atoms with Crippen molar-refractivity contribution in [2.24, 2.45) is 34.5 Å². The number of carbonyl (C=O) groups excluding carboxylic acids is 1. The molecule has 0 radical (unpaired) electrons. The summed E-state index contributed by atoms with van der Waals surface area (Å²) in [6.45, 7) is 4.56. The molecule has 140 valence electrons. The molecule has 1 N–H and O–H groups in total. The lowest BCUT2D eigenvalue weighted by molar-refractivity contribution is -0.178. The van der Waals surface area contributed by atoms with Crippen LogP contribution in [0.1, 0.15) is 58.8 Å². The zero-order chi connectivity index (χ0) is 17.8. The summed E-state index contributed by atoms with van der Waals surface area (Å²) in [4.78, 5) is 12.2. The normalized spacial score (nSPS) is 49.2. The molecule has 1 unspecified atom stereocenters. The lowest BCUT2D eigenvalue weighted by Gasteiger charge is -2.61. The first-order valence-corrected chi connectivity index (χ1v) is 10.5. The van der Waals surface area contributed by atoms with Gasteiger partial charge in [-0.05, 0) is 72.7 Å². The Bertz CT molecular complexity index is 588. The minimum absolute atomic E-state index is 0.0671. The molecule has 25 heavy (non-hydrogen) atoms. The fourth-order valence-electron chi connectivity index (χ4n) is 7.32. The van der Waals surface area contributed by atoms with E-state index in [1.165, 1.54) is 24.8 Å². The number of hydrogen-bond acceptors (Lipinski definition) is 3. The van der Waals surface area contributed by atoms with Gasteiger partial charge in [-0.25, -0.2) is 0 Å². The molecule has 3 nitrogen and oxygen atoms in total. The largest absolute Gasteiger partial charge is 0.371 e. The van der Waals surface area contributed by atoms with Crippen LogP contribution >= 0.6 is 11.6 Å². The van der Waals surface area contributed by atoms with Gasteiger partial charge in [-0.3, -0.25) is 4.79 Å². The maximum absolute atomic E-state index is 12.2. The Morgan fingerprint density at radius 1 is 1.36 bits per heavy atom. The molecule has 0 aromatic rings. The maximum atomic E-state index is 12.2. The molecule has 0 amide bonds. The highest BCUT2D eigenvalue weighted by atomic mass is 35.5. The SMILES string of the molecule is C[C@@]12CCC[C@H]1[C@@H]1CCC3=CC(=O)CC(CCl)[C@]3(C)[C@H]1[C@@H](OCO)C2. The Labute approximate surface area is 156 Å². The van der Waals surface area contributed by atoms with Crippen LogP contribution in [0, 0.1) is 34.5 Å². The number of fused-ring (bicyclic) bond motifs is 5. The molecule has 0 bridgehead atoms. The minimum atomic E-state index is -0.214. The lowest BCUT2D eigenvalue weighted by Crippen LogP contribution is -2.58. The van der Waals surface area contributed by atoms with Crippen molar-refractivity contribution in [2.75, 3.05) is 12.7 Å². The molecule has 3 fully saturated rings. The number of rotatable bonds is 3. The molecule has 4 aliphatic rings. The van der Waals surface area contributed by atoms with E-state index in [9.17, 15) is 9.90 Å². The Kier molecular flexibility index (Phi) is 4.57. The second-order valence-electron chi connectivity index (χ2n) is 9.39. The van der Waals surface area contributed by atoms with Crippen LogP contribution in [0.5, 0.6) is 0 Å². The molecule has 0 saturated heterocycles. The highest BCUT2D eigenvalue weighted by Gasteiger charge is 2.62. The van der Waals surface area contributed by atoms with E-state index >= 15 is 0 Å². The van der Waals surface area contributed by atoms with Crippen molar-refractivity contribution >= 4 is 17.4 Å². The van der Waals surface area contributed by atoms with Crippen molar-refractivity contribution in [3.05, 3.63) is 11.6 Å². The van der Waals surface area contributed by atoms with Crippen molar-refractivity contribution in [3.8, 4) is 0 Å². The van der Waals surface area contributed by atoms with Crippen LogP contribution < -0.4 is 0 Å². The van der Waals surface area contributed by atoms with Crippen LogP contribution in [0.2, 0.25) is 0 Å². The van der Waals surface area contributed by atoms with Crippen LogP contribution in [0.3, 0.4) is 0 Å². The number of ketones is 1. The topological polar surface area (TPSA) is 46.5 Å². The van der Waals surface area contributed by atoms with Gasteiger partial charge in [0, 0.05) is 12.3 Å². The molecule has 3 saturated carbocycles. The maximum Gasteiger partial charge on any atom is 0.156 e. The van der Waals surface area contributed by atoms with E-state index in [0.29, 0.717) is 29.6 Å². The number of ether oxygens (including phenoxy) is 1. The van der Waals surface area contributed by atoms with E-state index in [1.54, 1.807) is 0 Å². The third-order valence-electron chi connectivity index (χ3n) is 8.44. The fourth-order valence-corrected chi connectivity index (χ4v) is 7.75. The molecule has 0 heterocycles. The monoisotopic (exact) mass is 366 g/mol. The highest BCUT2D eigenvalue weighted by Crippen LogP contribution is 2.66. The van der Waals surface area contributed by atoms with Gasteiger partial charge in [0.1, 0.15) is 6.79 Å². The van der Waals surface area contributed by atoms with Crippen molar-refractivity contribution in [1.82, 2.24) is 0 Å². The van der Waals surface area contributed by atoms with E-state index in [0.717, 1.165) is 25.2 Å². The average molecular weight is 367 g/mol. The van der Waals surface area contributed by atoms with Gasteiger partial charge >= 0.3 is 0 Å². The zero-order valence-electron chi connectivity index (χ0n) is 15.5. The second-order valence-corrected chi connectivity index (χ2v) is 9.70. The van der Waals surface area contributed by atoms with E-state index in [2.05, 4.69) is 13.8 Å². The summed E-state index contributed by atoms with van der Waals surface area (Å²) >= 11 is 6.38. The summed E-state index contributed by atoms with van der Waals surface area (Å²) < 4.78 is 5.96. The fraction of sp³-hybridized carbons (Fsp3) is 0.857. The van der Waals surface area contributed by atoms with E-state index in [4.69, 9.17) is 16.3 Å². The first-order chi connectivity index (χ1) is 11.9. The lowest BCUT2D eigenvalue weighted by atomic mass is 9.44. The van der Waals surface area contributed by atoms with Crippen molar-refractivity contribution in [3.63, 3.8) is 0 Å². The summed E-state index contributed by atoms with van der Waals surface area (Å²) in [6, 6.07) is 0. The summed E-state index contributed by atoms with van der Waals surface area (Å²) in [6.07, 6.45) is 9.67. The molecule has 4 aliphatic carbocycles. The number of alkyl halides is 1. The third-order valence-corrected chi connectivity index (χ3v) is 8.81. The van der Waals surface area contributed by atoms with Gasteiger partial charge in [0.05, 0.1) is 6.10 Å². The quantitative estimate of drug-likeness (QED) is 0.597. The molecule has 0 aromatic heterocycles. The molecular weight excluding hydrogens is 336 g/mol. The van der Waals surface area contributed by atoms with Gasteiger partial charge in [-0.15, -0.1) is 11.6 Å². The van der Waals surface area contributed by atoms with Gasteiger partial charge in [-0.1, -0.05) is 25.8 Å². The number of aliphatic hydroxyl groups excluding tert-OH is 1. The number of allylic oxidation sites excluding steroid dienone is 1. The Morgan fingerprint density at radius 3 is 2.88 bits per heavy atom. The smallest absolute Gasteiger partial charge is 0.156 e. The number of hydrogen-bond donors (Lipinski definition) is 1. The molecule has 7 atom stereocenters. The Hall–Kier alpha value is -0.380. The summed E-state index contributed by atoms with van der Waals surface area (Å²) in [7, 11) is 0. The predicted molar refractivity (Wildman–Crippen MR) is 98.3 cm³/mol. The van der Waals surface area contributed by atoms with Crippen LogP contribution in [0.4, 0.5) is 0 Å². The third kappa shape index (κ3) is 2.56. The van der Waals surface area contributed by atoms with Gasteiger partial charge in [0.25, 0.3) is 0 Å². The zero-order valence-corrected chi connectivity index (χ0v) is 16.2. The number of aliphatic hydroxyl groups is 1. The number of carbonyl (C=O) groups is 1. The van der Waals surface area contributed by atoms with Crippen LogP contribution in [-0.2, 0) is 9.53 Å². The van der Waals surface area contributed by atoms with Crippen LogP contribution in [-0.4, -0.2) is 29.7 Å². The van der Waals surface area contributed by atoms with Gasteiger partial charge in [-0.2, -0.15) is 0 Å². The molecule has 0 aliphatic heterocycles. The first-order valence-electron chi connectivity index (χ1n) is 9.96. The van der Waals surface area contributed by atoms with Gasteiger partial charge in [0.15, 0.2) is 5.78 Å².